The number of carbonyl (C=O) groups is 1. The number of amides is 1. The van der Waals surface area contributed by atoms with Crippen molar-refractivity contribution in [2.75, 3.05) is 5.43 Å². The molecule has 2 aromatic carbocycles. The summed E-state index contributed by atoms with van der Waals surface area (Å²) in [7, 11) is 0. The van der Waals surface area contributed by atoms with Crippen molar-refractivity contribution in [3.05, 3.63) is 57.4 Å². The molecule has 130 valence electrons. The van der Waals surface area contributed by atoms with Gasteiger partial charge in [0.15, 0.2) is 4.32 Å². The highest BCUT2D eigenvalue weighted by Crippen LogP contribution is 2.36. The molecule has 0 saturated carbocycles. The fraction of sp³-hybridized carbons (Fsp3) is 0. The molecule has 5 nitrogen and oxygen atoms in total. The second kappa shape index (κ2) is 6.99. The molecule has 2 heterocycles. The molecule has 4 rings (SSSR count). The summed E-state index contributed by atoms with van der Waals surface area (Å²) in [4.78, 5) is 17.6. The number of aromatic nitrogens is 1. The van der Waals surface area contributed by atoms with Gasteiger partial charge in [-0.05, 0) is 48.6 Å². The van der Waals surface area contributed by atoms with Crippen molar-refractivity contribution < 1.29 is 9.90 Å². The number of hydrogen-bond acceptors (Lipinski definition) is 7. The third-order valence-electron chi connectivity index (χ3n) is 3.57. The minimum atomic E-state index is -0.279. The number of nitrogens with one attached hydrogen (secondary N) is 1. The molecule has 0 aliphatic carbocycles. The Balaban J connectivity index is 1.60. The number of halogens is 1. The zero-order valence-electron chi connectivity index (χ0n) is 13.0. The van der Waals surface area contributed by atoms with E-state index in [9.17, 15) is 9.90 Å². The van der Waals surface area contributed by atoms with Gasteiger partial charge in [0.05, 0.1) is 15.1 Å². The van der Waals surface area contributed by atoms with Crippen LogP contribution >= 0.6 is 51.2 Å². The fourth-order valence-electron chi connectivity index (χ4n) is 2.36. The topological polar surface area (TPSA) is 65.5 Å². The van der Waals surface area contributed by atoms with Crippen molar-refractivity contribution in [3.63, 3.8) is 0 Å². The molecule has 26 heavy (non-hydrogen) atoms. The number of aromatic hydroxyl groups is 1. The van der Waals surface area contributed by atoms with Crippen LogP contribution in [0.4, 0.5) is 5.13 Å². The Kier molecular flexibility index (Phi) is 4.70. The highest BCUT2D eigenvalue weighted by Gasteiger charge is 2.33. The standard InChI is InChI=1S/C17H10BrN3O2S3/c18-10-5-6-12(22)9(7-10)8-14-15(23)21(17(24)26-14)20-16-19-11-3-1-2-4-13(11)25-16/h1-8,22H,(H,19,20)/b14-8-. The molecule has 1 amide bonds. The summed E-state index contributed by atoms with van der Waals surface area (Å²) >= 11 is 11.3. The summed E-state index contributed by atoms with van der Waals surface area (Å²) in [6, 6.07) is 12.8. The Morgan fingerprint density at radius 1 is 1.27 bits per heavy atom. The molecule has 0 bridgehead atoms. The van der Waals surface area contributed by atoms with Gasteiger partial charge in [-0.3, -0.25) is 10.2 Å². The summed E-state index contributed by atoms with van der Waals surface area (Å²) < 4.78 is 2.22. The van der Waals surface area contributed by atoms with Crippen molar-refractivity contribution in [3.8, 4) is 5.75 Å². The van der Waals surface area contributed by atoms with Crippen LogP contribution in [-0.4, -0.2) is 25.3 Å². The highest BCUT2D eigenvalue weighted by atomic mass is 79.9. The van der Waals surface area contributed by atoms with Gasteiger partial charge >= 0.3 is 0 Å². The summed E-state index contributed by atoms with van der Waals surface area (Å²) in [6.45, 7) is 0. The summed E-state index contributed by atoms with van der Waals surface area (Å²) in [6.07, 6.45) is 1.62. The predicted octanol–water partition coefficient (Wildman–Crippen LogP) is 4.99. The maximum atomic E-state index is 12.7. The number of para-hydroxylation sites is 1. The van der Waals surface area contributed by atoms with E-state index in [2.05, 4.69) is 26.3 Å². The molecule has 1 aromatic heterocycles. The average Bonchev–Trinajstić information content (AvgIpc) is 3.14. The van der Waals surface area contributed by atoms with Crippen LogP contribution in [0.2, 0.25) is 0 Å². The number of carbonyl (C=O) groups excluding carboxylic acids is 1. The molecule has 9 heteroatoms. The van der Waals surface area contributed by atoms with Gasteiger partial charge in [-0.25, -0.2) is 4.98 Å². The molecule has 0 atom stereocenters. The van der Waals surface area contributed by atoms with Crippen LogP contribution in [-0.2, 0) is 4.79 Å². The van der Waals surface area contributed by atoms with Gasteiger partial charge in [-0.1, -0.05) is 51.2 Å². The van der Waals surface area contributed by atoms with Crippen LogP contribution in [0.5, 0.6) is 5.75 Å². The molecule has 3 aromatic rings. The number of benzene rings is 2. The lowest BCUT2D eigenvalue weighted by molar-refractivity contribution is -0.121. The fourth-order valence-corrected chi connectivity index (χ4v) is 4.77. The molecular weight excluding hydrogens is 454 g/mol. The lowest BCUT2D eigenvalue weighted by atomic mass is 10.2. The Morgan fingerprint density at radius 2 is 2.08 bits per heavy atom. The Bertz CT molecular complexity index is 1050. The Hall–Kier alpha value is -1.94. The lowest BCUT2D eigenvalue weighted by Crippen LogP contribution is -2.33. The minimum Gasteiger partial charge on any atom is -0.507 e. The van der Waals surface area contributed by atoms with Crippen LogP contribution in [0.3, 0.4) is 0 Å². The first-order chi connectivity index (χ1) is 12.5. The molecular formula is C17H10BrN3O2S3. The average molecular weight is 464 g/mol. The summed E-state index contributed by atoms with van der Waals surface area (Å²) in [5, 5.41) is 11.9. The van der Waals surface area contributed by atoms with E-state index in [-0.39, 0.29) is 11.7 Å². The number of fused-ring (bicyclic) bond motifs is 1. The normalized spacial score (nSPS) is 16.0. The lowest BCUT2D eigenvalue weighted by Gasteiger charge is -2.14. The number of hydrazine groups is 1. The van der Waals surface area contributed by atoms with E-state index in [0.29, 0.717) is 19.9 Å². The van der Waals surface area contributed by atoms with Crippen LogP contribution < -0.4 is 5.43 Å². The van der Waals surface area contributed by atoms with E-state index in [4.69, 9.17) is 12.2 Å². The molecule has 1 saturated heterocycles. The third kappa shape index (κ3) is 3.35. The van der Waals surface area contributed by atoms with Crippen LogP contribution in [0.1, 0.15) is 5.56 Å². The maximum Gasteiger partial charge on any atom is 0.285 e. The van der Waals surface area contributed by atoms with Crippen molar-refractivity contribution in [1.82, 2.24) is 9.99 Å². The van der Waals surface area contributed by atoms with Crippen molar-refractivity contribution in [1.29, 1.82) is 0 Å². The van der Waals surface area contributed by atoms with E-state index in [1.807, 2.05) is 24.3 Å². The number of phenols is 1. The van der Waals surface area contributed by atoms with E-state index in [1.165, 1.54) is 28.1 Å². The van der Waals surface area contributed by atoms with Crippen molar-refractivity contribution in [2.45, 2.75) is 0 Å². The van der Waals surface area contributed by atoms with E-state index in [0.717, 1.165) is 14.7 Å². The van der Waals surface area contributed by atoms with Gasteiger partial charge in [0.2, 0.25) is 5.13 Å². The van der Waals surface area contributed by atoms with E-state index in [1.54, 1.807) is 24.3 Å². The quantitative estimate of drug-likeness (QED) is 0.421. The largest absolute Gasteiger partial charge is 0.507 e. The first kappa shape index (κ1) is 17.5. The van der Waals surface area contributed by atoms with Crippen LogP contribution in [0.15, 0.2) is 51.8 Å². The number of thiocarbonyl (C=S) groups is 1. The number of nitrogens with zero attached hydrogens (tertiary/aromatic N) is 2. The number of thioether (sulfide) groups is 1. The molecule has 1 aliphatic heterocycles. The van der Waals surface area contributed by atoms with Crippen molar-refractivity contribution >= 4 is 82.9 Å². The molecule has 0 unspecified atom stereocenters. The Labute approximate surface area is 170 Å². The SMILES string of the molecule is O=C1/C(=C/c2cc(Br)ccc2O)SC(=S)N1Nc1nc2ccccc2s1. The monoisotopic (exact) mass is 463 g/mol. The maximum absolute atomic E-state index is 12.7. The van der Waals surface area contributed by atoms with Crippen LogP contribution in [0.25, 0.3) is 16.3 Å². The zero-order valence-corrected chi connectivity index (χ0v) is 17.0. The third-order valence-corrected chi connectivity index (χ3v) is 6.31. The first-order valence-electron chi connectivity index (χ1n) is 7.40. The van der Waals surface area contributed by atoms with Gasteiger partial charge in [0.1, 0.15) is 5.75 Å². The molecule has 1 fully saturated rings. The molecule has 1 aliphatic rings. The molecule has 2 N–H and O–H groups in total. The highest BCUT2D eigenvalue weighted by molar-refractivity contribution is 9.10. The van der Waals surface area contributed by atoms with Crippen molar-refractivity contribution in [2.24, 2.45) is 0 Å². The zero-order chi connectivity index (χ0) is 18.3. The summed E-state index contributed by atoms with van der Waals surface area (Å²) in [5.74, 6) is -0.184. The molecule has 0 spiro atoms. The Morgan fingerprint density at radius 3 is 2.88 bits per heavy atom. The van der Waals surface area contributed by atoms with E-state index < -0.39 is 0 Å². The number of phenolic OH excluding ortho intramolecular Hbond substituents is 1. The van der Waals surface area contributed by atoms with E-state index >= 15 is 0 Å². The molecule has 0 radical (unpaired) electrons. The van der Waals surface area contributed by atoms with Gasteiger partial charge in [-0.2, -0.15) is 5.01 Å². The first-order valence-corrected chi connectivity index (χ1v) is 10.2. The van der Waals surface area contributed by atoms with Gasteiger partial charge < -0.3 is 5.11 Å². The van der Waals surface area contributed by atoms with Gasteiger partial charge in [0.25, 0.3) is 5.91 Å². The second-order valence-corrected chi connectivity index (χ2v) is 8.94. The van der Waals surface area contributed by atoms with Crippen LogP contribution in [0, 0.1) is 0 Å². The number of rotatable bonds is 3. The van der Waals surface area contributed by atoms with Gasteiger partial charge in [0, 0.05) is 10.0 Å². The smallest absolute Gasteiger partial charge is 0.285 e. The van der Waals surface area contributed by atoms with Gasteiger partial charge in [-0.15, -0.1) is 0 Å². The number of thiazole rings is 1. The minimum absolute atomic E-state index is 0.0950. The summed E-state index contributed by atoms with van der Waals surface area (Å²) in [5.41, 5.74) is 4.39. The predicted molar refractivity (Wildman–Crippen MR) is 114 cm³/mol. The number of anilines is 1. The second-order valence-electron chi connectivity index (χ2n) is 5.32. The number of hydrogen-bond donors (Lipinski definition) is 2.